The van der Waals surface area contributed by atoms with Crippen molar-refractivity contribution in [1.29, 1.82) is 0 Å². The summed E-state index contributed by atoms with van der Waals surface area (Å²) < 4.78 is 7.74. The number of hydrogen-bond acceptors (Lipinski definition) is 6. The summed E-state index contributed by atoms with van der Waals surface area (Å²) in [6.45, 7) is 4.28. The summed E-state index contributed by atoms with van der Waals surface area (Å²) in [5, 5.41) is 14.7. The number of carbonyl (C=O) groups is 2. The molecule has 10 heteroatoms. The number of anilines is 1. The Bertz CT molecular complexity index is 1150. The molecule has 174 valence electrons. The smallest absolute Gasteiger partial charge is 0.234 e. The van der Waals surface area contributed by atoms with E-state index in [0.717, 1.165) is 32.6 Å². The minimum Gasteiger partial charge on any atom is -0.497 e. The maximum atomic E-state index is 12.4. The zero-order valence-corrected chi connectivity index (χ0v) is 21.3. The van der Waals surface area contributed by atoms with Crippen molar-refractivity contribution in [3.8, 4) is 5.75 Å². The highest BCUT2D eigenvalue weighted by Gasteiger charge is 2.14. The number of amides is 2. The molecule has 0 unspecified atom stereocenters. The molecule has 0 saturated carbocycles. The quantitative estimate of drug-likeness (QED) is 0.407. The number of hydrogen-bond donors (Lipinski definition) is 2. The summed E-state index contributed by atoms with van der Waals surface area (Å²) in [6, 6.07) is 11.3. The molecule has 0 radical (unpaired) electrons. The number of carbonyl (C=O) groups excluding carboxylic acids is 2. The number of benzene rings is 2. The Balaban J connectivity index is 1.49. The van der Waals surface area contributed by atoms with E-state index in [2.05, 4.69) is 36.8 Å². The molecular formula is C23H26BrN5O3S. The number of thioether (sulfide) groups is 1. The van der Waals surface area contributed by atoms with Gasteiger partial charge in [-0.1, -0.05) is 23.9 Å². The highest BCUT2D eigenvalue weighted by Crippen LogP contribution is 2.26. The standard InChI is InChI=1S/C23H26BrN5O3S/c1-14-9-18(24)19(10-15(14)2)26-22(31)13-33-23-28-27-20(29(23)3)12-25-21(30)11-16-5-7-17(32-4)8-6-16/h5-10H,11-13H2,1-4H3,(H,25,30)(H,26,31). The third-order valence-electron chi connectivity index (χ3n) is 5.08. The number of methoxy groups -OCH3 is 1. The second-order valence-corrected chi connectivity index (χ2v) is 9.31. The van der Waals surface area contributed by atoms with Gasteiger partial charge in [0.15, 0.2) is 11.0 Å². The Hall–Kier alpha value is -2.85. The van der Waals surface area contributed by atoms with Crippen molar-refractivity contribution in [3.05, 3.63) is 63.4 Å². The van der Waals surface area contributed by atoms with Crippen LogP contribution < -0.4 is 15.4 Å². The summed E-state index contributed by atoms with van der Waals surface area (Å²) in [5.74, 6) is 1.29. The predicted octanol–water partition coefficient (Wildman–Crippen LogP) is 3.79. The van der Waals surface area contributed by atoms with Crippen molar-refractivity contribution in [1.82, 2.24) is 20.1 Å². The van der Waals surface area contributed by atoms with Gasteiger partial charge >= 0.3 is 0 Å². The zero-order chi connectivity index (χ0) is 24.0. The molecule has 0 aliphatic carbocycles. The van der Waals surface area contributed by atoms with Gasteiger partial charge < -0.3 is 19.9 Å². The average molecular weight is 532 g/mol. The van der Waals surface area contributed by atoms with Crippen LogP contribution in [0.2, 0.25) is 0 Å². The summed E-state index contributed by atoms with van der Waals surface area (Å²) in [7, 11) is 3.41. The first-order chi connectivity index (χ1) is 15.8. The summed E-state index contributed by atoms with van der Waals surface area (Å²) in [6.07, 6.45) is 0.262. The Morgan fingerprint density at radius 1 is 1.09 bits per heavy atom. The molecule has 2 amide bonds. The van der Waals surface area contributed by atoms with Gasteiger partial charge in [-0.2, -0.15) is 0 Å². The molecule has 0 bridgehead atoms. The van der Waals surface area contributed by atoms with Crippen LogP contribution >= 0.6 is 27.7 Å². The maximum absolute atomic E-state index is 12.4. The van der Waals surface area contributed by atoms with Gasteiger partial charge in [0.25, 0.3) is 0 Å². The number of ether oxygens (including phenoxy) is 1. The third-order valence-corrected chi connectivity index (χ3v) is 6.76. The Morgan fingerprint density at radius 3 is 2.48 bits per heavy atom. The van der Waals surface area contributed by atoms with E-state index in [0.29, 0.717) is 11.0 Å². The fraction of sp³-hybridized carbons (Fsp3) is 0.304. The van der Waals surface area contributed by atoms with Crippen molar-refractivity contribution in [2.45, 2.75) is 32.0 Å². The molecule has 0 fully saturated rings. The van der Waals surface area contributed by atoms with E-state index < -0.39 is 0 Å². The summed E-state index contributed by atoms with van der Waals surface area (Å²) in [4.78, 5) is 24.7. The lowest BCUT2D eigenvalue weighted by Crippen LogP contribution is -2.26. The average Bonchev–Trinajstić information content (AvgIpc) is 3.14. The highest BCUT2D eigenvalue weighted by molar-refractivity contribution is 9.10. The first-order valence-corrected chi connectivity index (χ1v) is 12.0. The number of rotatable bonds is 9. The molecule has 3 aromatic rings. The maximum Gasteiger partial charge on any atom is 0.234 e. The van der Waals surface area contributed by atoms with Gasteiger partial charge in [0, 0.05) is 11.5 Å². The van der Waals surface area contributed by atoms with Crippen molar-refractivity contribution in [2.24, 2.45) is 7.05 Å². The Morgan fingerprint density at radius 2 is 1.79 bits per heavy atom. The lowest BCUT2D eigenvalue weighted by atomic mass is 10.1. The van der Waals surface area contributed by atoms with Gasteiger partial charge in [-0.3, -0.25) is 9.59 Å². The molecule has 2 aromatic carbocycles. The second kappa shape index (κ2) is 11.3. The van der Waals surface area contributed by atoms with Crippen molar-refractivity contribution in [3.63, 3.8) is 0 Å². The molecule has 1 heterocycles. The highest BCUT2D eigenvalue weighted by atomic mass is 79.9. The minimum atomic E-state index is -0.138. The lowest BCUT2D eigenvalue weighted by molar-refractivity contribution is -0.120. The molecule has 0 aliphatic heterocycles. The van der Waals surface area contributed by atoms with Gasteiger partial charge in [-0.05, 0) is 70.7 Å². The molecular weight excluding hydrogens is 506 g/mol. The van der Waals surface area contributed by atoms with E-state index in [-0.39, 0.29) is 30.5 Å². The molecule has 2 N–H and O–H groups in total. The van der Waals surface area contributed by atoms with Crippen LogP contribution in [0.15, 0.2) is 46.0 Å². The van der Waals surface area contributed by atoms with E-state index in [1.165, 1.54) is 11.8 Å². The number of nitrogens with one attached hydrogen (secondary N) is 2. The molecule has 33 heavy (non-hydrogen) atoms. The zero-order valence-electron chi connectivity index (χ0n) is 18.9. The summed E-state index contributed by atoms with van der Waals surface area (Å²) >= 11 is 4.77. The number of aryl methyl sites for hydroxylation is 2. The molecule has 0 spiro atoms. The van der Waals surface area contributed by atoms with E-state index in [9.17, 15) is 9.59 Å². The Labute approximate surface area is 205 Å². The first kappa shape index (κ1) is 24.8. The van der Waals surface area contributed by atoms with E-state index >= 15 is 0 Å². The van der Waals surface area contributed by atoms with E-state index in [1.807, 2.05) is 57.3 Å². The van der Waals surface area contributed by atoms with Crippen molar-refractivity contribution in [2.75, 3.05) is 18.2 Å². The minimum absolute atomic E-state index is 0.115. The third kappa shape index (κ3) is 6.82. The molecule has 8 nitrogen and oxygen atoms in total. The summed E-state index contributed by atoms with van der Waals surface area (Å²) in [5.41, 5.74) is 3.89. The first-order valence-electron chi connectivity index (χ1n) is 10.2. The van der Waals surface area contributed by atoms with Crippen LogP contribution in [-0.4, -0.2) is 39.4 Å². The van der Waals surface area contributed by atoms with Crippen LogP contribution in [0.3, 0.4) is 0 Å². The predicted molar refractivity (Wildman–Crippen MR) is 133 cm³/mol. The van der Waals surface area contributed by atoms with E-state index in [1.54, 1.807) is 11.7 Å². The van der Waals surface area contributed by atoms with Crippen LogP contribution in [0, 0.1) is 13.8 Å². The topological polar surface area (TPSA) is 98.1 Å². The van der Waals surface area contributed by atoms with E-state index in [4.69, 9.17) is 4.74 Å². The SMILES string of the molecule is COc1ccc(CC(=O)NCc2nnc(SCC(=O)Nc3cc(C)c(C)cc3Br)n2C)cc1. The fourth-order valence-electron chi connectivity index (χ4n) is 2.99. The van der Waals surface area contributed by atoms with Gasteiger partial charge in [0.1, 0.15) is 5.75 Å². The van der Waals surface area contributed by atoms with Crippen LogP contribution in [0.4, 0.5) is 5.69 Å². The van der Waals surface area contributed by atoms with Gasteiger partial charge in [-0.15, -0.1) is 10.2 Å². The van der Waals surface area contributed by atoms with Gasteiger partial charge in [0.05, 0.1) is 31.5 Å². The second-order valence-electron chi connectivity index (χ2n) is 7.51. The molecule has 3 rings (SSSR count). The van der Waals surface area contributed by atoms with Crippen LogP contribution in [0.25, 0.3) is 0 Å². The van der Waals surface area contributed by atoms with Crippen LogP contribution in [-0.2, 0) is 29.6 Å². The lowest BCUT2D eigenvalue weighted by Gasteiger charge is -2.10. The number of nitrogens with zero attached hydrogens (tertiary/aromatic N) is 3. The largest absolute Gasteiger partial charge is 0.497 e. The molecule has 0 saturated heterocycles. The van der Waals surface area contributed by atoms with Gasteiger partial charge in [-0.25, -0.2) is 0 Å². The molecule has 1 aromatic heterocycles. The number of aromatic nitrogens is 3. The van der Waals surface area contributed by atoms with Crippen LogP contribution in [0.1, 0.15) is 22.5 Å². The molecule has 0 aliphatic rings. The number of halogens is 1. The van der Waals surface area contributed by atoms with Crippen molar-refractivity contribution >= 4 is 45.2 Å². The molecule has 0 atom stereocenters. The fourth-order valence-corrected chi connectivity index (χ4v) is 4.27. The van der Waals surface area contributed by atoms with Crippen LogP contribution in [0.5, 0.6) is 5.75 Å². The Kier molecular flexibility index (Phi) is 8.51. The van der Waals surface area contributed by atoms with Gasteiger partial charge in [0.2, 0.25) is 11.8 Å². The normalized spacial score (nSPS) is 10.7. The monoisotopic (exact) mass is 531 g/mol. The van der Waals surface area contributed by atoms with Crippen molar-refractivity contribution < 1.29 is 14.3 Å².